The average Bonchev–Trinajstić information content (AvgIpc) is 2.36. The zero-order valence-electron chi connectivity index (χ0n) is 11.6. The van der Waals surface area contributed by atoms with Crippen LogP contribution in [-0.2, 0) is 0 Å². The van der Waals surface area contributed by atoms with Gasteiger partial charge in [0.1, 0.15) is 11.4 Å². The molecule has 0 spiro atoms. The Morgan fingerprint density at radius 1 is 1.29 bits per heavy atom. The van der Waals surface area contributed by atoms with Crippen LogP contribution in [0.25, 0.3) is 0 Å². The summed E-state index contributed by atoms with van der Waals surface area (Å²) in [7, 11) is 0. The zero-order chi connectivity index (χ0) is 12.6. The lowest BCUT2D eigenvalue weighted by atomic mass is 9.98. The first-order valence-corrected chi connectivity index (χ1v) is 6.47. The van der Waals surface area contributed by atoms with Gasteiger partial charge >= 0.3 is 0 Å². The van der Waals surface area contributed by atoms with E-state index in [2.05, 4.69) is 52.1 Å². The minimum Gasteiger partial charge on any atom is -0.485 e. The number of benzene rings is 1. The van der Waals surface area contributed by atoms with Crippen molar-refractivity contribution in [2.75, 3.05) is 11.9 Å². The molecule has 1 aromatic rings. The average molecular weight is 233 g/mol. The Balaban J connectivity index is 2.55. The summed E-state index contributed by atoms with van der Waals surface area (Å²) in [6.45, 7) is 11.9. The number of hydrogen-bond acceptors (Lipinski definition) is 2. The molecule has 1 N–H and O–H groups in total. The highest BCUT2D eigenvalue weighted by Gasteiger charge is 2.27. The Kier molecular flexibility index (Phi) is 3.07. The maximum absolute atomic E-state index is 6.26. The van der Waals surface area contributed by atoms with Gasteiger partial charge in [0.2, 0.25) is 0 Å². The first kappa shape index (κ1) is 12.3. The van der Waals surface area contributed by atoms with E-state index in [1.165, 1.54) is 16.8 Å². The Labute approximate surface area is 104 Å². The third-order valence-electron chi connectivity index (χ3n) is 3.43. The molecule has 2 rings (SSSR count). The van der Waals surface area contributed by atoms with Gasteiger partial charge in [0.05, 0.1) is 5.69 Å². The second-order valence-corrected chi connectivity index (χ2v) is 5.87. The maximum Gasteiger partial charge on any atom is 0.146 e. The van der Waals surface area contributed by atoms with E-state index in [9.17, 15) is 0 Å². The minimum absolute atomic E-state index is 0.0876. The molecule has 0 unspecified atom stereocenters. The van der Waals surface area contributed by atoms with E-state index in [4.69, 9.17) is 4.74 Å². The largest absolute Gasteiger partial charge is 0.485 e. The minimum atomic E-state index is -0.0876. The Morgan fingerprint density at radius 3 is 2.65 bits per heavy atom. The van der Waals surface area contributed by atoms with Crippen LogP contribution in [0.15, 0.2) is 12.1 Å². The number of hydrogen-bond donors (Lipinski definition) is 1. The van der Waals surface area contributed by atoms with E-state index >= 15 is 0 Å². The highest BCUT2D eigenvalue weighted by molar-refractivity contribution is 5.66. The zero-order valence-corrected chi connectivity index (χ0v) is 11.6. The highest BCUT2D eigenvalue weighted by Crippen LogP contribution is 2.40. The topological polar surface area (TPSA) is 21.3 Å². The number of aryl methyl sites for hydroxylation is 1. The van der Waals surface area contributed by atoms with Crippen molar-refractivity contribution in [1.29, 1.82) is 0 Å². The number of ether oxygens (including phenoxy) is 1. The fourth-order valence-corrected chi connectivity index (χ4v) is 2.30. The van der Waals surface area contributed by atoms with Gasteiger partial charge in [0, 0.05) is 13.0 Å². The molecule has 2 heteroatoms. The van der Waals surface area contributed by atoms with Crippen LogP contribution in [0, 0.1) is 6.92 Å². The van der Waals surface area contributed by atoms with E-state index in [0.29, 0.717) is 5.92 Å². The fourth-order valence-electron chi connectivity index (χ4n) is 2.30. The number of rotatable bonds is 1. The molecular weight excluding hydrogens is 210 g/mol. The summed E-state index contributed by atoms with van der Waals surface area (Å²) in [5.41, 5.74) is 3.66. The van der Waals surface area contributed by atoms with Crippen molar-refractivity contribution in [3.05, 3.63) is 23.3 Å². The van der Waals surface area contributed by atoms with Crippen LogP contribution in [0.2, 0.25) is 0 Å². The smallest absolute Gasteiger partial charge is 0.146 e. The van der Waals surface area contributed by atoms with Crippen LogP contribution >= 0.6 is 0 Å². The molecule has 0 radical (unpaired) electrons. The third-order valence-corrected chi connectivity index (χ3v) is 3.43. The van der Waals surface area contributed by atoms with E-state index in [-0.39, 0.29) is 5.60 Å². The van der Waals surface area contributed by atoms with E-state index in [0.717, 1.165) is 18.7 Å². The predicted molar refractivity (Wildman–Crippen MR) is 73.1 cm³/mol. The standard InChI is InChI=1S/C15H23NO/c1-10(2)12-7-6-11(3)13-14(12)17-15(4,5)8-9-16-13/h6-7,10,16H,8-9H2,1-5H3. The summed E-state index contributed by atoms with van der Waals surface area (Å²) in [5.74, 6) is 1.54. The third kappa shape index (κ3) is 2.41. The molecule has 0 saturated heterocycles. The maximum atomic E-state index is 6.26. The molecule has 17 heavy (non-hydrogen) atoms. The number of nitrogens with one attached hydrogen (secondary N) is 1. The summed E-state index contributed by atoms with van der Waals surface area (Å²) >= 11 is 0. The van der Waals surface area contributed by atoms with Gasteiger partial charge in [0.15, 0.2) is 0 Å². The monoisotopic (exact) mass is 233 g/mol. The summed E-state index contributed by atoms with van der Waals surface area (Å²) < 4.78 is 6.26. The molecule has 0 fully saturated rings. The number of fused-ring (bicyclic) bond motifs is 1. The summed E-state index contributed by atoms with van der Waals surface area (Å²) in [4.78, 5) is 0. The molecule has 1 aromatic carbocycles. The molecule has 0 aromatic heterocycles. The molecule has 0 amide bonds. The van der Waals surface area contributed by atoms with Crippen LogP contribution in [0.5, 0.6) is 5.75 Å². The van der Waals surface area contributed by atoms with Crippen LogP contribution in [0.3, 0.4) is 0 Å². The second kappa shape index (κ2) is 4.25. The lowest BCUT2D eigenvalue weighted by molar-refractivity contribution is 0.107. The molecule has 94 valence electrons. The van der Waals surface area contributed by atoms with Crippen LogP contribution in [-0.4, -0.2) is 12.1 Å². The second-order valence-electron chi connectivity index (χ2n) is 5.87. The lowest BCUT2D eigenvalue weighted by Crippen LogP contribution is -2.28. The highest BCUT2D eigenvalue weighted by atomic mass is 16.5. The van der Waals surface area contributed by atoms with Crippen LogP contribution in [0.4, 0.5) is 5.69 Å². The van der Waals surface area contributed by atoms with Crippen molar-refractivity contribution in [3.63, 3.8) is 0 Å². The Hall–Kier alpha value is -1.18. The van der Waals surface area contributed by atoms with Gasteiger partial charge in [-0.1, -0.05) is 26.0 Å². The van der Waals surface area contributed by atoms with Gasteiger partial charge in [-0.3, -0.25) is 0 Å². The van der Waals surface area contributed by atoms with Gasteiger partial charge < -0.3 is 10.1 Å². The molecule has 1 aliphatic rings. The molecule has 0 bridgehead atoms. The van der Waals surface area contributed by atoms with Gasteiger partial charge in [-0.25, -0.2) is 0 Å². The van der Waals surface area contributed by atoms with E-state index in [1.807, 2.05) is 0 Å². The van der Waals surface area contributed by atoms with Crippen molar-refractivity contribution in [3.8, 4) is 5.75 Å². The molecule has 1 aliphatic heterocycles. The van der Waals surface area contributed by atoms with Crippen molar-refractivity contribution in [2.45, 2.75) is 52.6 Å². The normalized spacial score (nSPS) is 18.0. The van der Waals surface area contributed by atoms with Crippen LogP contribution < -0.4 is 10.1 Å². The first-order chi connectivity index (χ1) is 7.91. The summed E-state index contributed by atoms with van der Waals surface area (Å²) in [5, 5.41) is 3.52. The number of anilines is 1. The van der Waals surface area contributed by atoms with E-state index < -0.39 is 0 Å². The van der Waals surface area contributed by atoms with Gasteiger partial charge in [-0.05, 0) is 37.8 Å². The quantitative estimate of drug-likeness (QED) is 0.788. The van der Waals surface area contributed by atoms with Gasteiger partial charge in [-0.2, -0.15) is 0 Å². The van der Waals surface area contributed by atoms with Gasteiger partial charge in [0.25, 0.3) is 0 Å². The van der Waals surface area contributed by atoms with Gasteiger partial charge in [-0.15, -0.1) is 0 Å². The SMILES string of the molecule is Cc1ccc(C(C)C)c2c1NCCC(C)(C)O2. The lowest BCUT2D eigenvalue weighted by Gasteiger charge is -2.26. The molecule has 0 saturated carbocycles. The molecule has 0 aliphatic carbocycles. The van der Waals surface area contributed by atoms with Crippen LogP contribution in [0.1, 0.15) is 51.2 Å². The van der Waals surface area contributed by atoms with E-state index in [1.54, 1.807) is 0 Å². The van der Waals surface area contributed by atoms with Crippen molar-refractivity contribution in [1.82, 2.24) is 0 Å². The molecule has 0 atom stereocenters. The summed E-state index contributed by atoms with van der Waals surface area (Å²) in [6.07, 6.45) is 1.03. The molecule has 2 nitrogen and oxygen atoms in total. The van der Waals surface area contributed by atoms with Crippen molar-refractivity contribution in [2.24, 2.45) is 0 Å². The fraction of sp³-hybridized carbons (Fsp3) is 0.600. The Bertz CT molecular complexity index is 421. The Morgan fingerprint density at radius 2 is 2.00 bits per heavy atom. The predicted octanol–water partition coefficient (Wildman–Crippen LogP) is 4.09. The van der Waals surface area contributed by atoms with Crippen molar-refractivity contribution >= 4 is 5.69 Å². The summed E-state index contributed by atoms with van der Waals surface area (Å²) in [6, 6.07) is 4.38. The molecular formula is C15H23NO. The first-order valence-electron chi connectivity index (χ1n) is 6.47. The van der Waals surface area contributed by atoms with Crippen molar-refractivity contribution < 1.29 is 4.74 Å². The molecule has 1 heterocycles.